The summed E-state index contributed by atoms with van der Waals surface area (Å²) in [6.07, 6.45) is 1.55. The number of rotatable bonds is 4. The number of nitrogens with zero attached hydrogens (tertiary/aromatic N) is 3. The number of aromatic nitrogens is 1. The molecule has 1 aromatic heterocycles. The third-order valence-electron chi connectivity index (χ3n) is 2.86. The van der Waals surface area contributed by atoms with Gasteiger partial charge in [-0.3, -0.25) is 4.99 Å². The fraction of sp³-hybridized carbons (Fsp3) is 0.286. The zero-order chi connectivity index (χ0) is 14.4. The van der Waals surface area contributed by atoms with Crippen LogP contribution in [0.1, 0.15) is 11.3 Å². The average molecular weight is 293 g/mol. The fourth-order valence-corrected chi connectivity index (χ4v) is 2.04. The zero-order valence-corrected chi connectivity index (χ0v) is 12.3. The Morgan fingerprint density at radius 2 is 2.20 bits per heavy atom. The predicted molar refractivity (Wildman–Crippen MR) is 79.6 cm³/mol. The van der Waals surface area contributed by atoms with E-state index in [9.17, 15) is 0 Å². The molecule has 0 aliphatic heterocycles. The fourth-order valence-electron chi connectivity index (χ4n) is 1.84. The topological polar surface area (TPSA) is 53.7 Å². The molecule has 1 aromatic carbocycles. The minimum atomic E-state index is 0.566. The van der Waals surface area contributed by atoms with Crippen LogP contribution in [0.25, 0.3) is 0 Å². The van der Waals surface area contributed by atoms with Gasteiger partial charge in [-0.05, 0) is 11.6 Å². The summed E-state index contributed by atoms with van der Waals surface area (Å²) in [4.78, 5) is 6.24. The molecule has 0 amide bonds. The highest BCUT2D eigenvalue weighted by atomic mass is 35.5. The molecular formula is C14H17ClN4O. The van der Waals surface area contributed by atoms with Gasteiger partial charge in [-0.2, -0.15) is 0 Å². The normalized spacial score (nSPS) is 11.4. The lowest BCUT2D eigenvalue weighted by molar-refractivity contribution is 0.409. The third-order valence-corrected chi connectivity index (χ3v) is 3.23. The molecule has 0 spiro atoms. The van der Waals surface area contributed by atoms with E-state index in [1.165, 1.54) is 0 Å². The molecule has 0 atom stereocenters. The summed E-state index contributed by atoms with van der Waals surface area (Å²) in [6.45, 7) is 1.24. The van der Waals surface area contributed by atoms with Gasteiger partial charge in [0.1, 0.15) is 12.0 Å². The summed E-state index contributed by atoms with van der Waals surface area (Å²) in [6, 6.07) is 9.60. The Kier molecular flexibility index (Phi) is 5.01. The smallest absolute Gasteiger partial charge is 0.194 e. The van der Waals surface area contributed by atoms with E-state index in [2.05, 4.69) is 15.5 Å². The number of nitrogens with one attached hydrogen (secondary N) is 1. The first-order valence-corrected chi connectivity index (χ1v) is 6.63. The van der Waals surface area contributed by atoms with Crippen molar-refractivity contribution in [2.75, 3.05) is 14.1 Å². The quantitative estimate of drug-likeness (QED) is 0.695. The summed E-state index contributed by atoms with van der Waals surface area (Å²) < 4.78 is 4.79. The molecular weight excluding hydrogens is 276 g/mol. The lowest BCUT2D eigenvalue weighted by atomic mass is 10.2. The molecule has 0 fully saturated rings. The summed E-state index contributed by atoms with van der Waals surface area (Å²) in [7, 11) is 3.70. The highest BCUT2D eigenvalue weighted by Gasteiger charge is 2.09. The molecule has 1 heterocycles. The highest BCUT2D eigenvalue weighted by Crippen LogP contribution is 2.16. The highest BCUT2D eigenvalue weighted by molar-refractivity contribution is 6.31. The second kappa shape index (κ2) is 6.96. The van der Waals surface area contributed by atoms with E-state index < -0.39 is 0 Å². The van der Waals surface area contributed by atoms with Crippen LogP contribution in [0.5, 0.6) is 0 Å². The molecule has 0 unspecified atom stereocenters. The maximum atomic E-state index is 6.17. The minimum absolute atomic E-state index is 0.566. The third kappa shape index (κ3) is 3.74. The number of hydrogen-bond acceptors (Lipinski definition) is 3. The van der Waals surface area contributed by atoms with Gasteiger partial charge in [-0.1, -0.05) is 35.0 Å². The van der Waals surface area contributed by atoms with Crippen molar-refractivity contribution in [2.24, 2.45) is 4.99 Å². The first-order valence-electron chi connectivity index (χ1n) is 6.25. The van der Waals surface area contributed by atoms with E-state index in [4.69, 9.17) is 16.1 Å². The second-order valence-electron chi connectivity index (χ2n) is 4.34. The van der Waals surface area contributed by atoms with Gasteiger partial charge >= 0.3 is 0 Å². The summed E-state index contributed by atoms with van der Waals surface area (Å²) >= 11 is 6.17. The van der Waals surface area contributed by atoms with Gasteiger partial charge < -0.3 is 14.7 Å². The van der Waals surface area contributed by atoms with Crippen molar-refractivity contribution in [2.45, 2.75) is 13.1 Å². The van der Waals surface area contributed by atoms with Crippen molar-refractivity contribution in [3.05, 3.63) is 52.9 Å². The van der Waals surface area contributed by atoms with E-state index in [0.717, 1.165) is 22.2 Å². The van der Waals surface area contributed by atoms with E-state index in [1.54, 1.807) is 13.3 Å². The molecule has 2 rings (SSSR count). The molecule has 1 N–H and O–H groups in total. The molecule has 0 bridgehead atoms. The number of benzene rings is 1. The minimum Gasteiger partial charge on any atom is -0.364 e. The Morgan fingerprint density at radius 1 is 1.40 bits per heavy atom. The van der Waals surface area contributed by atoms with Gasteiger partial charge in [0.15, 0.2) is 5.96 Å². The van der Waals surface area contributed by atoms with Gasteiger partial charge in [-0.15, -0.1) is 0 Å². The maximum absolute atomic E-state index is 6.17. The Labute approximate surface area is 123 Å². The maximum Gasteiger partial charge on any atom is 0.194 e. The van der Waals surface area contributed by atoms with Crippen LogP contribution >= 0.6 is 11.6 Å². The average Bonchev–Trinajstić information content (AvgIpc) is 2.95. The van der Waals surface area contributed by atoms with Crippen molar-refractivity contribution >= 4 is 17.6 Å². The Bertz CT molecular complexity index is 568. The van der Waals surface area contributed by atoms with Crippen molar-refractivity contribution < 1.29 is 4.52 Å². The molecule has 106 valence electrons. The monoisotopic (exact) mass is 292 g/mol. The molecule has 0 aliphatic carbocycles. The van der Waals surface area contributed by atoms with E-state index in [-0.39, 0.29) is 0 Å². The van der Waals surface area contributed by atoms with Gasteiger partial charge in [0, 0.05) is 31.7 Å². The van der Waals surface area contributed by atoms with Crippen LogP contribution in [-0.2, 0) is 13.1 Å². The first-order chi connectivity index (χ1) is 9.70. The van der Waals surface area contributed by atoms with Crippen LogP contribution in [0.4, 0.5) is 0 Å². The van der Waals surface area contributed by atoms with Crippen LogP contribution in [0, 0.1) is 0 Å². The van der Waals surface area contributed by atoms with Crippen LogP contribution < -0.4 is 5.32 Å². The standard InChI is InChI=1S/C14H17ClN4O/c1-16-14(17-9-12-7-8-20-18-12)19(2)10-11-5-3-4-6-13(11)15/h3-8H,9-10H2,1-2H3,(H,16,17). The molecule has 0 saturated heterocycles. The van der Waals surface area contributed by atoms with Crippen LogP contribution in [0.2, 0.25) is 5.02 Å². The lowest BCUT2D eigenvalue weighted by Gasteiger charge is -2.22. The van der Waals surface area contributed by atoms with E-state index >= 15 is 0 Å². The Balaban J connectivity index is 1.95. The summed E-state index contributed by atoms with van der Waals surface area (Å²) in [5.41, 5.74) is 1.89. The summed E-state index contributed by atoms with van der Waals surface area (Å²) in [5, 5.41) is 7.83. The number of halogens is 1. The van der Waals surface area contributed by atoms with Gasteiger partial charge in [0.05, 0.1) is 6.54 Å². The molecule has 6 heteroatoms. The molecule has 0 saturated carbocycles. The largest absolute Gasteiger partial charge is 0.364 e. The van der Waals surface area contributed by atoms with Gasteiger partial charge in [0.25, 0.3) is 0 Å². The van der Waals surface area contributed by atoms with Crippen molar-refractivity contribution in [1.29, 1.82) is 0 Å². The molecule has 0 aliphatic rings. The van der Waals surface area contributed by atoms with E-state index in [1.807, 2.05) is 42.3 Å². The molecule has 2 aromatic rings. The van der Waals surface area contributed by atoms with Crippen LogP contribution in [0.3, 0.4) is 0 Å². The first kappa shape index (κ1) is 14.4. The SMILES string of the molecule is CN=C(NCc1ccon1)N(C)Cc1ccccc1Cl. The van der Waals surface area contributed by atoms with Crippen molar-refractivity contribution in [1.82, 2.24) is 15.4 Å². The van der Waals surface area contributed by atoms with Crippen molar-refractivity contribution in [3.8, 4) is 0 Å². The lowest BCUT2D eigenvalue weighted by Crippen LogP contribution is -2.38. The number of hydrogen-bond donors (Lipinski definition) is 1. The zero-order valence-electron chi connectivity index (χ0n) is 11.5. The molecule has 5 nitrogen and oxygen atoms in total. The van der Waals surface area contributed by atoms with Crippen molar-refractivity contribution in [3.63, 3.8) is 0 Å². The Hall–Kier alpha value is -2.01. The second-order valence-corrected chi connectivity index (χ2v) is 4.75. The van der Waals surface area contributed by atoms with Gasteiger partial charge in [-0.25, -0.2) is 0 Å². The summed E-state index contributed by atoms with van der Waals surface area (Å²) in [5.74, 6) is 0.771. The number of aliphatic imine (C=N–C) groups is 1. The van der Waals surface area contributed by atoms with Crippen LogP contribution in [-0.4, -0.2) is 30.1 Å². The molecule has 0 radical (unpaired) electrons. The van der Waals surface area contributed by atoms with E-state index in [0.29, 0.717) is 13.1 Å². The van der Waals surface area contributed by atoms with Crippen LogP contribution in [0.15, 0.2) is 46.1 Å². The number of guanidine groups is 1. The Morgan fingerprint density at radius 3 is 2.85 bits per heavy atom. The molecule has 20 heavy (non-hydrogen) atoms. The van der Waals surface area contributed by atoms with Gasteiger partial charge in [0.2, 0.25) is 0 Å². The predicted octanol–water partition coefficient (Wildman–Crippen LogP) is 2.54.